The summed E-state index contributed by atoms with van der Waals surface area (Å²) in [6.45, 7) is 4.18. The average molecular weight is 238 g/mol. The zero-order chi connectivity index (χ0) is 11.5. The number of fused-ring (bicyclic) bond motifs is 1. The van der Waals surface area contributed by atoms with Crippen LogP contribution in [-0.2, 0) is 11.3 Å². The molecule has 0 saturated carbocycles. The van der Waals surface area contributed by atoms with Crippen molar-refractivity contribution in [1.29, 1.82) is 0 Å². The summed E-state index contributed by atoms with van der Waals surface area (Å²) >= 11 is 0. The van der Waals surface area contributed by atoms with Crippen molar-refractivity contribution in [1.82, 2.24) is 20.1 Å². The summed E-state index contributed by atoms with van der Waals surface area (Å²) in [5.41, 5.74) is 0. The van der Waals surface area contributed by atoms with E-state index in [-0.39, 0.29) is 6.10 Å². The molecular weight excluding hydrogens is 220 g/mol. The minimum absolute atomic E-state index is 0.0412. The molecule has 0 radical (unpaired) electrons. The molecule has 0 aliphatic carbocycles. The first-order chi connectivity index (χ1) is 8.43. The summed E-state index contributed by atoms with van der Waals surface area (Å²) in [5.74, 6) is 0.747. The lowest BCUT2D eigenvalue weighted by Crippen LogP contribution is -2.21. The van der Waals surface area contributed by atoms with Gasteiger partial charge in [-0.15, -0.1) is 0 Å². The van der Waals surface area contributed by atoms with E-state index in [9.17, 15) is 0 Å². The predicted octanol–water partition coefficient (Wildman–Crippen LogP) is 0.502. The second-order valence-electron chi connectivity index (χ2n) is 4.45. The molecule has 0 aromatic carbocycles. The fourth-order valence-electron chi connectivity index (χ4n) is 2.14. The van der Waals surface area contributed by atoms with Gasteiger partial charge in [0.25, 0.3) is 0 Å². The highest BCUT2D eigenvalue weighted by molar-refractivity contribution is 5.03. The number of hydrogen-bond acceptors (Lipinski definition) is 5. The van der Waals surface area contributed by atoms with Gasteiger partial charge in [-0.2, -0.15) is 10.1 Å². The van der Waals surface area contributed by atoms with Gasteiger partial charge < -0.3 is 14.8 Å². The van der Waals surface area contributed by atoms with Crippen LogP contribution in [0.1, 0.15) is 31.2 Å². The van der Waals surface area contributed by atoms with Crippen LogP contribution in [0.4, 0.5) is 0 Å². The van der Waals surface area contributed by atoms with Crippen molar-refractivity contribution >= 4 is 0 Å². The molecular formula is C11H18N4O2. The van der Waals surface area contributed by atoms with Crippen molar-refractivity contribution in [3.63, 3.8) is 0 Å². The number of hydrogen-bond donors (Lipinski definition) is 1. The lowest BCUT2D eigenvalue weighted by Gasteiger charge is -2.10. The number of aryl methyl sites for hydroxylation is 1. The third-order valence-electron chi connectivity index (χ3n) is 3.08. The molecule has 3 rings (SSSR count). The van der Waals surface area contributed by atoms with E-state index in [4.69, 9.17) is 9.47 Å². The Morgan fingerprint density at radius 1 is 1.24 bits per heavy atom. The van der Waals surface area contributed by atoms with Crippen molar-refractivity contribution in [2.45, 2.75) is 31.9 Å². The van der Waals surface area contributed by atoms with Crippen LogP contribution in [0.2, 0.25) is 0 Å². The molecule has 0 amide bonds. The summed E-state index contributed by atoms with van der Waals surface area (Å²) in [6.07, 6.45) is 3.17. The normalized spacial score (nSPS) is 25.5. The third kappa shape index (κ3) is 2.42. The highest BCUT2D eigenvalue weighted by atomic mass is 16.5. The Kier molecular flexibility index (Phi) is 3.24. The van der Waals surface area contributed by atoms with Gasteiger partial charge in [0, 0.05) is 19.7 Å². The molecule has 2 aliphatic heterocycles. The van der Waals surface area contributed by atoms with E-state index < -0.39 is 0 Å². The topological polar surface area (TPSA) is 61.2 Å². The Hall–Kier alpha value is -1.14. The van der Waals surface area contributed by atoms with Gasteiger partial charge in [-0.25, -0.2) is 4.68 Å². The molecule has 1 unspecified atom stereocenters. The summed E-state index contributed by atoms with van der Waals surface area (Å²) < 4.78 is 13.2. The predicted molar refractivity (Wildman–Crippen MR) is 60.9 cm³/mol. The monoisotopic (exact) mass is 238 g/mol. The van der Waals surface area contributed by atoms with E-state index in [0.29, 0.717) is 6.01 Å². The van der Waals surface area contributed by atoms with Crippen LogP contribution in [0, 0.1) is 0 Å². The van der Waals surface area contributed by atoms with Crippen molar-refractivity contribution in [2.24, 2.45) is 0 Å². The van der Waals surface area contributed by atoms with Gasteiger partial charge in [-0.1, -0.05) is 0 Å². The summed E-state index contributed by atoms with van der Waals surface area (Å²) in [6, 6.07) is 0.644. The van der Waals surface area contributed by atoms with Crippen molar-refractivity contribution in [3.8, 4) is 6.01 Å². The maximum absolute atomic E-state index is 5.74. The van der Waals surface area contributed by atoms with Crippen molar-refractivity contribution in [2.75, 3.05) is 26.3 Å². The molecule has 94 valence electrons. The molecule has 1 fully saturated rings. The molecule has 6 nitrogen and oxygen atoms in total. The van der Waals surface area contributed by atoms with Crippen LogP contribution in [-0.4, -0.2) is 41.1 Å². The van der Waals surface area contributed by atoms with Crippen LogP contribution in [0.15, 0.2) is 0 Å². The van der Waals surface area contributed by atoms with Gasteiger partial charge >= 0.3 is 6.01 Å². The fourth-order valence-corrected chi connectivity index (χ4v) is 2.14. The SMILES string of the molecule is C1CCn2nc(C3CNCCCO3)nc2OC1. The standard InChI is InChI=1S/C11H18N4O2/c1-2-6-17-11-13-10(14-15(11)5-1)9-8-12-4-3-7-16-9/h9,12H,1-8H2. The maximum atomic E-state index is 5.74. The molecule has 1 N–H and O–H groups in total. The van der Waals surface area contributed by atoms with Crippen LogP contribution < -0.4 is 10.1 Å². The molecule has 1 atom stereocenters. The van der Waals surface area contributed by atoms with Gasteiger partial charge in [0.1, 0.15) is 6.10 Å². The Labute approximate surface area is 100 Å². The maximum Gasteiger partial charge on any atom is 0.315 e. The van der Waals surface area contributed by atoms with Gasteiger partial charge in [0.15, 0.2) is 5.82 Å². The molecule has 1 aromatic heterocycles. The second kappa shape index (κ2) is 5.01. The molecule has 17 heavy (non-hydrogen) atoms. The van der Waals surface area contributed by atoms with E-state index in [1.54, 1.807) is 0 Å². The molecule has 1 aromatic rings. The first kappa shape index (κ1) is 11.0. The quantitative estimate of drug-likeness (QED) is 0.772. The average Bonchev–Trinajstić information content (AvgIpc) is 2.58. The van der Waals surface area contributed by atoms with E-state index >= 15 is 0 Å². The van der Waals surface area contributed by atoms with Gasteiger partial charge in [0.2, 0.25) is 0 Å². The van der Waals surface area contributed by atoms with Crippen molar-refractivity contribution in [3.05, 3.63) is 5.82 Å². The third-order valence-corrected chi connectivity index (χ3v) is 3.08. The largest absolute Gasteiger partial charge is 0.464 e. The molecule has 1 saturated heterocycles. The van der Waals surface area contributed by atoms with Crippen LogP contribution >= 0.6 is 0 Å². The Morgan fingerprint density at radius 3 is 3.24 bits per heavy atom. The number of aromatic nitrogens is 3. The van der Waals surface area contributed by atoms with E-state index in [1.807, 2.05) is 4.68 Å². The molecule has 2 aliphatic rings. The smallest absolute Gasteiger partial charge is 0.315 e. The summed E-state index contributed by atoms with van der Waals surface area (Å²) in [5, 5.41) is 7.83. The van der Waals surface area contributed by atoms with E-state index in [2.05, 4.69) is 15.4 Å². The minimum Gasteiger partial charge on any atom is -0.464 e. The first-order valence-electron chi connectivity index (χ1n) is 6.33. The van der Waals surface area contributed by atoms with Gasteiger partial charge in [0.05, 0.1) is 6.61 Å². The Morgan fingerprint density at radius 2 is 2.24 bits per heavy atom. The molecule has 0 bridgehead atoms. The van der Waals surface area contributed by atoms with Crippen molar-refractivity contribution < 1.29 is 9.47 Å². The summed E-state index contributed by atoms with van der Waals surface area (Å²) in [4.78, 5) is 4.44. The number of nitrogens with zero attached hydrogens (tertiary/aromatic N) is 3. The first-order valence-corrected chi connectivity index (χ1v) is 6.33. The van der Waals surface area contributed by atoms with Crippen LogP contribution in [0.5, 0.6) is 6.01 Å². The number of ether oxygens (including phenoxy) is 2. The Balaban J connectivity index is 1.78. The zero-order valence-corrected chi connectivity index (χ0v) is 9.89. The molecule has 3 heterocycles. The van der Waals surface area contributed by atoms with Gasteiger partial charge in [-0.05, 0) is 25.8 Å². The Bertz CT molecular complexity index is 348. The second-order valence-corrected chi connectivity index (χ2v) is 4.45. The lowest BCUT2D eigenvalue weighted by molar-refractivity contribution is 0.0604. The van der Waals surface area contributed by atoms with Crippen LogP contribution in [0.3, 0.4) is 0 Å². The minimum atomic E-state index is -0.0412. The number of rotatable bonds is 1. The zero-order valence-electron chi connectivity index (χ0n) is 9.89. The molecule has 6 heteroatoms. The number of nitrogens with one attached hydrogen (secondary N) is 1. The van der Waals surface area contributed by atoms with Crippen LogP contribution in [0.25, 0.3) is 0 Å². The van der Waals surface area contributed by atoms with E-state index in [0.717, 1.165) is 57.9 Å². The summed E-state index contributed by atoms with van der Waals surface area (Å²) in [7, 11) is 0. The highest BCUT2D eigenvalue weighted by Crippen LogP contribution is 2.20. The van der Waals surface area contributed by atoms with Gasteiger partial charge in [-0.3, -0.25) is 0 Å². The lowest BCUT2D eigenvalue weighted by atomic mass is 10.3. The van der Waals surface area contributed by atoms with E-state index in [1.165, 1.54) is 0 Å². The molecule has 0 spiro atoms. The highest BCUT2D eigenvalue weighted by Gasteiger charge is 2.22. The fraction of sp³-hybridized carbons (Fsp3) is 0.818.